The Morgan fingerprint density at radius 3 is 2.70 bits per heavy atom. The summed E-state index contributed by atoms with van der Waals surface area (Å²) in [5.74, 6) is 2.02. The van der Waals surface area contributed by atoms with E-state index in [1.165, 1.54) is 12.8 Å². The second kappa shape index (κ2) is 9.86. The van der Waals surface area contributed by atoms with Crippen LogP contribution in [0.3, 0.4) is 0 Å². The fourth-order valence-electron chi connectivity index (χ4n) is 4.62. The van der Waals surface area contributed by atoms with Crippen LogP contribution in [0.15, 0.2) is 47.4 Å². The summed E-state index contributed by atoms with van der Waals surface area (Å²) >= 11 is 0. The number of ether oxygens (including phenoxy) is 1. The average Bonchev–Trinajstić information content (AvgIpc) is 2.78. The summed E-state index contributed by atoms with van der Waals surface area (Å²) in [4.78, 5) is 22.5. The Kier molecular flexibility index (Phi) is 6.91. The maximum atomic E-state index is 13.1. The molecule has 0 spiro atoms. The lowest BCUT2D eigenvalue weighted by molar-refractivity contribution is 0.311. The summed E-state index contributed by atoms with van der Waals surface area (Å²) < 4.78 is 7.42. The van der Waals surface area contributed by atoms with Crippen LogP contribution in [0.5, 0.6) is 5.75 Å². The molecular weight excluding hydrogens is 412 g/mol. The SMILES string of the molecule is CCCC(C)CN(CC(C)C)c1ccc2nc(-c3ccc4c(c3)N(C)CCO4)cc(=O)n2c1. The van der Waals surface area contributed by atoms with Crippen molar-refractivity contribution in [1.29, 1.82) is 0 Å². The second-order valence-electron chi connectivity index (χ2n) is 9.74. The highest BCUT2D eigenvalue weighted by atomic mass is 16.5. The van der Waals surface area contributed by atoms with Gasteiger partial charge >= 0.3 is 0 Å². The monoisotopic (exact) mass is 448 g/mol. The minimum Gasteiger partial charge on any atom is -0.490 e. The molecule has 0 fully saturated rings. The lowest BCUT2D eigenvalue weighted by Crippen LogP contribution is -2.32. The van der Waals surface area contributed by atoms with Gasteiger partial charge in [-0.2, -0.15) is 0 Å². The third-order valence-electron chi connectivity index (χ3n) is 6.26. The molecule has 1 unspecified atom stereocenters. The van der Waals surface area contributed by atoms with E-state index in [9.17, 15) is 4.79 Å². The molecule has 3 aromatic rings. The van der Waals surface area contributed by atoms with Gasteiger partial charge in [0.15, 0.2) is 0 Å². The molecule has 2 aromatic heterocycles. The molecule has 1 aliphatic heterocycles. The van der Waals surface area contributed by atoms with Gasteiger partial charge in [0.1, 0.15) is 18.0 Å². The number of fused-ring (bicyclic) bond motifs is 2. The van der Waals surface area contributed by atoms with Crippen molar-refractivity contribution in [2.45, 2.75) is 40.5 Å². The highest BCUT2D eigenvalue weighted by Crippen LogP contribution is 2.34. The Morgan fingerprint density at radius 1 is 1.12 bits per heavy atom. The lowest BCUT2D eigenvalue weighted by atomic mass is 10.0. The van der Waals surface area contributed by atoms with Gasteiger partial charge in [-0.1, -0.05) is 34.1 Å². The number of hydrogen-bond donors (Lipinski definition) is 0. The molecule has 1 aromatic carbocycles. The van der Waals surface area contributed by atoms with Crippen molar-refractivity contribution < 1.29 is 4.74 Å². The summed E-state index contributed by atoms with van der Waals surface area (Å²) in [6, 6.07) is 11.7. The number of benzene rings is 1. The molecule has 0 amide bonds. The summed E-state index contributed by atoms with van der Waals surface area (Å²) in [6.07, 6.45) is 4.34. The Labute approximate surface area is 196 Å². The fourth-order valence-corrected chi connectivity index (χ4v) is 4.62. The molecule has 33 heavy (non-hydrogen) atoms. The van der Waals surface area contributed by atoms with Crippen molar-refractivity contribution in [2.24, 2.45) is 11.8 Å². The third kappa shape index (κ3) is 5.15. The van der Waals surface area contributed by atoms with E-state index in [0.717, 1.165) is 42.3 Å². The van der Waals surface area contributed by atoms with E-state index < -0.39 is 0 Å². The highest BCUT2D eigenvalue weighted by Gasteiger charge is 2.17. The fraction of sp³-hybridized carbons (Fsp3) is 0.481. The molecule has 6 nitrogen and oxygen atoms in total. The van der Waals surface area contributed by atoms with Crippen LogP contribution < -0.4 is 20.1 Å². The van der Waals surface area contributed by atoms with Gasteiger partial charge in [0.2, 0.25) is 0 Å². The number of pyridine rings is 1. The van der Waals surface area contributed by atoms with Crippen LogP contribution in [-0.2, 0) is 0 Å². The van der Waals surface area contributed by atoms with Crippen molar-refractivity contribution in [3.8, 4) is 17.0 Å². The van der Waals surface area contributed by atoms with E-state index in [0.29, 0.717) is 29.8 Å². The smallest absolute Gasteiger partial charge is 0.258 e. The van der Waals surface area contributed by atoms with E-state index in [-0.39, 0.29) is 5.56 Å². The topological polar surface area (TPSA) is 50.1 Å². The van der Waals surface area contributed by atoms with Crippen molar-refractivity contribution >= 4 is 17.0 Å². The summed E-state index contributed by atoms with van der Waals surface area (Å²) in [7, 11) is 2.06. The van der Waals surface area contributed by atoms with Gasteiger partial charge in [-0.05, 0) is 48.6 Å². The van der Waals surface area contributed by atoms with Gasteiger partial charge in [-0.3, -0.25) is 9.20 Å². The molecule has 3 heterocycles. The largest absolute Gasteiger partial charge is 0.490 e. The summed E-state index contributed by atoms with van der Waals surface area (Å²) in [5, 5.41) is 0. The maximum Gasteiger partial charge on any atom is 0.258 e. The minimum absolute atomic E-state index is 0.0646. The molecule has 0 bridgehead atoms. The van der Waals surface area contributed by atoms with Crippen LogP contribution in [0.4, 0.5) is 11.4 Å². The molecule has 1 atom stereocenters. The molecule has 0 aliphatic carbocycles. The van der Waals surface area contributed by atoms with Gasteiger partial charge < -0.3 is 14.5 Å². The van der Waals surface area contributed by atoms with E-state index in [1.807, 2.05) is 24.4 Å². The molecule has 0 radical (unpaired) electrons. The van der Waals surface area contributed by atoms with Crippen LogP contribution in [0.2, 0.25) is 0 Å². The molecule has 0 N–H and O–H groups in total. The Hall–Kier alpha value is -3.02. The van der Waals surface area contributed by atoms with E-state index in [2.05, 4.69) is 56.7 Å². The van der Waals surface area contributed by atoms with Crippen LogP contribution in [0, 0.1) is 11.8 Å². The maximum absolute atomic E-state index is 13.1. The van der Waals surface area contributed by atoms with Crippen molar-refractivity contribution in [1.82, 2.24) is 9.38 Å². The average molecular weight is 449 g/mol. The minimum atomic E-state index is -0.0646. The quantitative estimate of drug-likeness (QED) is 0.480. The third-order valence-corrected chi connectivity index (χ3v) is 6.26. The first kappa shape index (κ1) is 23.1. The highest BCUT2D eigenvalue weighted by molar-refractivity contribution is 5.72. The van der Waals surface area contributed by atoms with Gasteiger partial charge in [0, 0.05) is 38.0 Å². The van der Waals surface area contributed by atoms with Crippen molar-refractivity contribution in [3.05, 3.63) is 52.9 Å². The molecule has 0 saturated carbocycles. The molecule has 6 heteroatoms. The number of aromatic nitrogens is 2. The first-order chi connectivity index (χ1) is 15.9. The first-order valence-corrected chi connectivity index (χ1v) is 12.1. The lowest BCUT2D eigenvalue weighted by Gasteiger charge is -2.29. The van der Waals surface area contributed by atoms with Gasteiger partial charge in [0.05, 0.1) is 23.6 Å². The number of nitrogens with zero attached hydrogens (tertiary/aromatic N) is 4. The molecule has 4 rings (SSSR count). The van der Waals surface area contributed by atoms with E-state index >= 15 is 0 Å². The van der Waals surface area contributed by atoms with Gasteiger partial charge in [-0.25, -0.2) is 4.98 Å². The number of likely N-dealkylation sites (N-methyl/N-ethyl adjacent to an activating group) is 1. The van der Waals surface area contributed by atoms with Crippen LogP contribution in [0.1, 0.15) is 40.5 Å². The van der Waals surface area contributed by atoms with Gasteiger partial charge in [0.25, 0.3) is 5.56 Å². The molecular formula is C27H36N4O2. The van der Waals surface area contributed by atoms with Crippen LogP contribution >= 0.6 is 0 Å². The van der Waals surface area contributed by atoms with E-state index in [4.69, 9.17) is 9.72 Å². The van der Waals surface area contributed by atoms with E-state index in [1.54, 1.807) is 10.5 Å². The summed E-state index contributed by atoms with van der Waals surface area (Å²) in [5.41, 5.74) is 4.31. The van der Waals surface area contributed by atoms with Crippen LogP contribution in [0.25, 0.3) is 16.9 Å². The van der Waals surface area contributed by atoms with Crippen molar-refractivity contribution in [3.63, 3.8) is 0 Å². The molecule has 176 valence electrons. The zero-order chi connectivity index (χ0) is 23.5. The predicted octanol–water partition coefficient (Wildman–Crippen LogP) is 5.09. The molecule has 1 aliphatic rings. The van der Waals surface area contributed by atoms with Crippen molar-refractivity contribution in [2.75, 3.05) is 43.1 Å². The predicted molar refractivity (Wildman–Crippen MR) is 137 cm³/mol. The summed E-state index contributed by atoms with van der Waals surface area (Å²) in [6.45, 7) is 12.5. The standard InChI is InChI=1S/C27H36N4O2/c1-6-7-20(4)17-30(16-19(2)3)22-9-11-26-28-23(15-27(32)31(26)18-22)21-8-10-25-24(14-21)29(5)12-13-33-25/h8-11,14-15,18-20H,6-7,12-13,16-17H2,1-5H3. The Bertz CT molecular complexity index is 1170. The Balaban J connectivity index is 1.69. The number of hydrogen-bond acceptors (Lipinski definition) is 5. The Morgan fingerprint density at radius 2 is 1.94 bits per heavy atom. The molecule has 0 saturated heterocycles. The number of anilines is 2. The second-order valence-corrected chi connectivity index (χ2v) is 9.74. The number of rotatable bonds is 8. The van der Waals surface area contributed by atoms with Crippen LogP contribution in [-0.4, -0.2) is 42.7 Å². The zero-order valence-electron chi connectivity index (χ0n) is 20.5. The normalized spacial score (nSPS) is 14.3. The zero-order valence-corrected chi connectivity index (χ0v) is 20.5. The van der Waals surface area contributed by atoms with Gasteiger partial charge in [-0.15, -0.1) is 0 Å². The first-order valence-electron chi connectivity index (χ1n) is 12.1.